The van der Waals surface area contributed by atoms with Crippen molar-refractivity contribution in [1.29, 1.82) is 0 Å². The molecule has 3 rings (SSSR count). The van der Waals surface area contributed by atoms with Crippen LogP contribution >= 0.6 is 12.2 Å². The van der Waals surface area contributed by atoms with Crippen LogP contribution in [0.4, 0.5) is 11.4 Å². The molecule has 112 valence electrons. The summed E-state index contributed by atoms with van der Waals surface area (Å²) in [5, 5.41) is 7.03. The van der Waals surface area contributed by atoms with Crippen molar-refractivity contribution in [1.82, 2.24) is 5.32 Å². The fraction of sp³-hybridized carbons (Fsp3) is 0.500. The van der Waals surface area contributed by atoms with E-state index in [-0.39, 0.29) is 12.5 Å². The van der Waals surface area contributed by atoms with Crippen LogP contribution in [0.2, 0.25) is 0 Å². The first-order valence-corrected chi connectivity index (χ1v) is 8.03. The van der Waals surface area contributed by atoms with Crippen molar-refractivity contribution in [3.8, 4) is 0 Å². The number of carbonyl (C=O) groups is 1. The molecule has 1 saturated carbocycles. The molecule has 1 aromatic rings. The monoisotopic (exact) mass is 303 g/mol. The van der Waals surface area contributed by atoms with Gasteiger partial charge in [-0.1, -0.05) is 31.9 Å². The third-order valence-corrected chi connectivity index (χ3v) is 4.77. The number of hydrogen-bond acceptors (Lipinski definition) is 2. The highest BCUT2D eigenvalue weighted by Gasteiger charge is 2.28. The summed E-state index contributed by atoms with van der Waals surface area (Å²) in [5.74, 6) is 0.611. The Balaban J connectivity index is 1.77. The molecule has 1 amide bonds. The summed E-state index contributed by atoms with van der Waals surface area (Å²) in [6.07, 6.45) is 4.96. The Morgan fingerprint density at radius 1 is 1.33 bits per heavy atom. The zero-order valence-corrected chi connectivity index (χ0v) is 13.1. The number of carbonyl (C=O) groups excluding carboxylic acids is 1. The summed E-state index contributed by atoms with van der Waals surface area (Å²) in [4.78, 5) is 13.8. The molecule has 1 aliphatic carbocycles. The van der Waals surface area contributed by atoms with Crippen LogP contribution < -0.4 is 15.5 Å². The summed E-state index contributed by atoms with van der Waals surface area (Å²) in [6.45, 7) is 2.56. The van der Waals surface area contributed by atoms with E-state index in [0.29, 0.717) is 17.1 Å². The minimum absolute atomic E-state index is 0.0189. The molecule has 5 heteroatoms. The van der Waals surface area contributed by atoms with Crippen molar-refractivity contribution in [3.63, 3.8) is 0 Å². The zero-order valence-electron chi connectivity index (χ0n) is 12.3. The predicted molar refractivity (Wildman–Crippen MR) is 89.6 cm³/mol. The Labute approximate surface area is 130 Å². The number of anilines is 2. The first-order chi connectivity index (χ1) is 10.1. The van der Waals surface area contributed by atoms with E-state index >= 15 is 0 Å². The van der Waals surface area contributed by atoms with Crippen LogP contribution in [0, 0.1) is 5.92 Å². The SMILES string of the molecule is CC1CCCCC1NC(=S)N1CC(=O)Nc2ccccc21. The topological polar surface area (TPSA) is 44.4 Å². The Bertz CT molecular complexity index is 560. The van der Waals surface area contributed by atoms with Gasteiger partial charge in [0.25, 0.3) is 0 Å². The van der Waals surface area contributed by atoms with Crippen LogP contribution in [0.15, 0.2) is 24.3 Å². The van der Waals surface area contributed by atoms with Crippen LogP contribution in [-0.2, 0) is 4.79 Å². The molecule has 1 aromatic carbocycles. The molecule has 1 aliphatic heterocycles. The molecule has 1 fully saturated rings. The van der Waals surface area contributed by atoms with Gasteiger partial charge in [-0.25, -0.2) is 0 Å². The summed E-state index contributed by atoms with van der Waals surface area (Å²) in [6, 6.07) is 8.21. The van der Waals surface area contributed by atoms with Gasteiger partial charge in [-0.3, -0.25) is 4.79 Å². The first kappa shape index (κ1) is 14.3. The smallest absolute Gasteiger partial charge is 0.244 e. The highest BCUT2D eigenvalue weighted by Crippen LogP contribution is 2.30. The molecule has 2 atom stereocenters. The average Bonchev–Trinajstić information content (AvgIpc) is 2.48. The number of para-hydroxylation sites is 2. The lowest BCUT2D eigenvalue weighted by Crippen LogP contribution is -2.51. The quantitative estimate of drug-likeness (QED) is 0.783. The number of fused-ring (bicyclic) bond motifs is 1. The Kier molecular flexibility index (Phi) is 4.10. The maximum Gasteiger partial charge on any atom is 0.244 e. The lowest BCUT2D eigenvalue weighted by atomic mass is 9.86. The van der Waals surface area contributed by atoms with Gasteiger partial charge in [0.1, 0.15) is 6.54 Å². The van der Waals surface area contributed by atoms with E-state index in [1.54, 1.807) is 0 Å². The molecule has 0 bridgehead atoms. The average molecular weight is 303 g/mol. The molecule has 1 heterocycles. The van der Waals surface area contributed by atoms with Gasteiger partial charge < -0.3 is 15.5 Å². The first-order valence-electron chi connectivity index (χ1n) is 7.62. The van der Waals surface area contributed by atoms with E-state index in [0.717, 1.165) is 17.8 Å². The molecular formula is C16H21N3OS. The summed E-state index contributed by atoms with van der Waals surface area (Å²) in [7, 11) is 0. The maximum absolute atomic E-state index is 11.9. The predicted octanol–water partition coefficient (Wildman–Crippen LogP) is 2.90. The molecule has 0 saturated heterocycles. The summed E-state index contributed by atoms with van der Waals surface area (Å²) >= 11 is 5.57. The van der Waals surface area contributed by atoms with Gasteiger partial charge in [0.2, 0.25) is 5.91 Å². The largest absolute Gasteiger partial charge is 0.359 e. The number of hydrogen-bond donors (Lipinski definition) is 2. The fourth-order valence-electron chi connectivity index (χ4n) is 3.18. The number of thiocarbonyl (C=S) groups is 1. The number of nitrogens with one attached hydrogen (secondary N) is 2. The fourth-order valence-corrected chi connectivity index (χ4v) is 3.50. The third kappa shape index (κ3) is 3.02. The summed E-state index contributed by atoms with van der Waals surface area (Å²) < 4.78 is 0. The van der Waals surface area contributed by atoms with E-state index in [1.807, 2.05) is 29.2 Å². The second-order valence-electron chi connectivity index (χ2n) is 5.97. The van der Waals surface area contributed by atoms with Crippen molar-refractivity contribution in [2.45, 2.75) is 38.6 Å². The minimum atomic E-state index is -0.0189. The lowest BCUT2D eigenvalue weighted by molar-refractivity contribution is -0.115. The van der Waals surface area contributed by atoms with E-state index in [2.05, 4.69) is 17.6 Å². The van der Waals surface area contributed by atoms with Gasteiger partial charge in [-0.05, 0) is 43.1 Å². The number of rotatable bonds is 1. The highest BCUT2D eigenvalue weighted by atomic mass is 32.1. The van der Waals surface area contributed by atoms with Crippen LogP contribution in [-0.4, -0.2) is 23.6 Å². The molecule has 0 aromatic heterocycles. The van der Waals surface area contributed by atoms with E-state index in [1.165, 1.54) is 19.3 Å². The van der Waals surface area contributed by atoms with Crippen LogP contribution in [0.25, 0.3) is 0 Å². The molecule has 2 unspecified atom stereocenters. The molecule has 2 aliphatic rings. The second-order valence-corrected chi connectivity index (χ2v) is 6.36. The van der Waals surface area contributed by atoms with Crippen molar-refractivity contribution >= 4 is 34.6 Å². The van der Waals surface area contributed by atoms with Gasteiger partial charge in [0, 0.05) is 6.04 Å². The zero-order chi connectivity index (χ0) is 14.8. The van der Waals surface area contributed by atoms with Gasteiger partial charge in [-0.2, -0.15) is 0 Å². The lowest BCUT2D eigenvalue weighted by Gasteiger charge is -2.36. The van der Waals surface area contributed by atoms with Crippen molar-refractivity contribution in [3.05, 3.63) is 24.3 Å². The molecule has 4 nitrogen and oxygen atoms in total. The Morgan fingerprint density at radius 2 is 2.10 bits per heavy atom. The van der Waals surface area contributed by atoms with E-state index in [9.17, 15) is 4.79 Å². The molecule has 0 radical (unpaired) electrons. The van der Waals surface area contributed by atoms with Crippen LogP contribution in [0.5, 0.6) is 0 Å². The molecule has 0 spiro atoms. The van der Waals surface area contributed by atoms with Gasteiger partial charge in [-0.15, -0.1) is 0 Å². The maximum atomic E-state index is 11.9. The minimum Gasteiger partial charge on any atom is -0.359 e. The Morgan fingerprint density at radius 3 is 2.90 bits per heavy atom. The van der Waals surface area contributed by atoms with Gasteiger partial charge >= 0.3 is 0 Å². The highest BCUT2D eigenvalue weighted by molar-refractivity contribution is 7.80. The summed E-state index contributed by atoms with van der Waals surface area (Å²) in [5.41, 5.74) is 1.80. The number of benzene rings is 1. The van der Waals surface area contributed by atoms with Crippen LogP contribution in [0.3, 0.4) is 0 Å². The number of amides is 1. The molecule has 2 N–H and O–H groups in total. The normalized spacial score (nSPS) is 25.0. The molecular weight excluding hydrogens is 282 g/mol. The Hall–Kier alpha value is -1.62. The van der Waals surface area contributed by atoms with Crippen molar-refractivity contribution in [2.24, 2.45) is 5.92 Å². The van der Waals surface area contributed by atoms with Crippen molar-refractivity contribution < 1.29 is 4.79 Å². The molecule has 21 heavy (non-hydrogen) atoms. The van der Waals surface area contributed by atoms with E-state index in [4.69, 9.17) is 12.2 Å². The van der Waals surface area contributed by atoms with E-state index < -0.39 is 0 Å². The standard InChI is InChI=1S/C16H21N3OS/c1-11-6-2-3-7-12(11)18-16(21)19-10-15(20)17-13-8-4-5-9-14(13)19/h4-5,8-9,11-12H,2-3,6-7,10H2,1H3,(H,17,20)(H,18,21). The second kappa shape index (κ2) is 6.02. The van der Waals surface area contributed by atoms with Gasteiger partial charge in [0.15, 0.2) is 5.11 Å². The van der Waals surface area contributed by atoms with Gasteiger partial charge in [0.05, 0.1) is 11.4 Å². The number of nitrogens with zero attached hydrogens (tertiary/aromatic N) is 1. The third-order valence-electron chi connectivity index (χ3n) is 4.44. The van der Waals surface area contributed by atoms with Crippen LogP contribution in [0.1, 0.15) is 32.6 Å². The van der Waals surface area contributed by atoms with Crippen molar-refractivity contribution in [2.75, 3.05) is 16.8 Å².